The van der Waals surface area contributed by atoms with E-state index in [4.69, 9.17) is 11.5 Å². The lowest BCUT2D eigenvalue weighted by Crippen LogP contribution is -2.48. The standard InChI is InChI=1S/C18H26N2.2ClH/c1-13(11-14-5-3-2-4-6-14)16-12-17(16)18(20)9-7-15(19)8-10-18;;/h2-6,11,15-17H,7-10,12,19-20H2,1H3;2*1H/b13-11+;;. The zero-order valence-electron chi connectivity index (χ0n) is 13.2. The van der Waals surface area contributed by atoms with Gasteiger partial charge in [0.2, 0.25) is 0 Å². The van der Waals surface area contributed by atoms with E-state index in [0.29, 0.717) is 17.9 Å². The zero-order valence-corrected chi connectivity index (χ0v) is 14.8. The smallest absolute Gasteiger partial charge is 0.0190 e. The molecule has 0 aromatic heterocycles. The third-order valence-electron chi connectivity index (χ3n) is 5.27. The Morgan fingerprint density at radius 1 is 1.14 bits per heavy atom. The number of halogens is 2. The molecule has 0 radical (unpaired) electrons. The number of allylic oxidation sites excluding steroid dienone is 1. The second kappa shape index (κ2) is 7.83. The molecule has 2 aliphatic carbocycles. The summed E-state index contributed by atoms with van der Waals surface area (Å²) in [6.45, 7) is 2.26. The number of rotatable bonds is 3. The van der Waals surface area contributed by atoms with Crippen LogP contribution in [0.25, 0.3) is 6.08 Å². The quantitative estimate of drug-likeness (QED) is 0.865. The first-order chi connectivity index (χ1) is 9.58. The molecule has 2 nitrogen and oxygen atoms in total. The first-order valence-corrected chi connectivity index (χ1v) is 7.86. The van der Waals surface area contributed by atoms with Gasteiger partial charge in [0.1, 0.15) is 0 Å². The number of nitrogens with two attached hydrogens (primary N) is 2. The number of hydrogen-bond donors (Lipinski definition) is 2. The molecular weight excluding hydrogens is 315 g/mol. The summed E-state index contributed by atoms with van der Waals surface area (Å²) in [5.74, 6) is 1.37. The third kappa shape index (κ3) is 4.26. The predicted molar refractivity (Wildman–Crippen MR) is 99.5 cm³/mol. The fourth-order valence-corrected chi connectivity index (χ4v) is 3.80. The van der Waals surface area contributed by atoms with E-state index in [9.17, 15) is 0 Å². The molecule has 0 aliphatic heterocycles. The van der Waals surface area contributed by atoms with Crippen LogP contribution in [0.3, 0.4) is 0 Å². The van der Waals surface area contributed by atoms with Gasteiger partial charge in [-0.15, -0.1) is 24.8 Å². The lowest BCUT2D eigenvalue weighted by Gasteiger charge is -2.37. The first kappa shape index (κ1) is 19.5. The van der Waals surface area contributed by atoms with Crippen molar-refractivity contribution in [2.45, 2.75) is 50.6 Å². The Bertz CT molecular complexity index is 493. The lowest BCUT2D eigenvalue weighted by atomic mass is 9.76. The van der Waals surface area contributed by atoms with Gasteiger partial charge in [-0.25, -0.2) is 0 Å². The summed E-state index contributed by atoms with van der Waals surface area (Å²) in [5, 5.41) is 0. The summed E-state index contributed by atoms with van der Waals surface area (Å²) in [6.07, 6.45) is 7.99. The van der Waals surface area contributed by atoms with Crippen molar-refractivity contribution < 1.29 is 0 Å². The van der Waals surface area contributed by atoms with Crippen LogP contribution in [-0.4, -0.2) is 11.6 Å². The molecule has 2 fully saturated rings. The third-order valence-corrected chi connectivity index (χ3v) is 5.27. The summed E-state index contributed by atoms with van der Waals surface area (Å²) >= 11 is 0. The van der Waals surface area contributed by atoms with Crippen molar-refractivity contribution in [1.82, 2.24) is 0 Å². The highest BCUT2D eigenvalue weighted by Gasteiger charge is 2.51. The van der Waals surface area contributed by atoms with Crippen molar-refractivity contribution in [2.75, 3.05) is 0 Å². The molecule has 2 atom stereocenters. The van der Waals surface area contributed by atoms with Gasteiger partial charge in [0.15, 0.2) is 0 Å². The van der Waals surface area contributed by atoms with Crippen LogP contribution in [0.2, 0.25) is 0 Å². The van der Waals surface area contributed by atoms with Crippen LogP contribution in [0, 0.1) is 11.8 Å². The molecule has 0 saturated heterocycles. The van der Waals surface area contributed by atoms with Gasteiger partial charge in [-0.1, -0.05) is 42.0 Å². The SMILES string of the molecule is C/C(=C\c1ccccc1)C1CC1C1(N)CCC(N)CC1.Cl.Cl. The van der Waals surface area contributed by atoms with Crippen LogP contribution in [0.15, 0.2) is 35.9 Å². The molecule has 22 heavy (non-hydrogen) atoms. The molecule has 0 amide bonds. The topological polar surface area (TPSA) is 52.0 Å². The van der Waals surface area contributed by atoms with Crippen LogP contribution in [0.1, 0.15) is 44.6 Å². The largest absolute Gasteiger partial charge is 0.328 e. The zero-order chi connectivity index (χ0) is 14.2. The second-order valence-corrected chi connectivity index (χ2v) is 6.82. The van der Waals surface area contributed by atoms with Crippen LogP contribution >= 0.6 is 24.8 Å². The van der Waals surface area contributed by atoms with E-state index in [1.165, 1.54) is 17.6 Å². The van der Waals surface area contributed by atoms with Crippen molar-refractivity contribution in [1.29, 1.82) is 0 Å². The summed E-state index contributed by atoms with van der Waals surface area (Å²) < 4.78 is 0. The summed E-state index contributed by atoms with van der Waals surface area (Å²) in [4.78, 5) is 0. The highest BCUT2D eigenvalue weighted by Crippen LogP contribution is 2.53. The fourth-order valence-electron chi connectivity index (χ4n) is 3.80. The monoisotopic (exact) mass is 342 g/mol. The lowest BCUT2D eigenvalue weighted by molar-refractivity contribution is 0.236. The van der Waals surface area contributed by atoms with Gasteiger partial charge in [-0.2, -0.15) is 0 Å². The van der Waals surface area contributed by atoms with Crippen LogP contribution < -0.4 is 11.5 Å². The minimum absolute atomic E-state index is 0. The van der Waals surface area contributed by atoms with Crippen molar-refractivity contribution in [3.05, 3.63) is 41.5 Å². The molecule has 2 aliphatic rings. The minimum Gasteiger partial charge on any atom is -0.328 e. The Hall–Kier alpha value is -0.540. The van der Waals surface area contributed by atoms with E-state index in [1.54, 1.807) is 0 Å². The Balaban J connectivity index is 0.00000121. The van der Waals surface area contributed by atoms with Crippen molar-refractivity contribution >= 4 is 30.9 Å². The van der Waals surface area contributed by atoms with Crippen molar-refractivity contribution in [3.8, 4) is 0 Å². The van der Waals surface area contributed by atoms with E-state index >= 15 is 0 Å². The van der Waals surface area contributed by atoms with E-state index in [-0.39, 0.29) is 30.4 Å². The van der Waals surface area contributed by atoms with Gasteiger partial charge in [0, 0.05) is 11.6 Å². The maximum atomic E-state index is 6.67. The molecular formula is C18H28Cl2N2. The molecule has 124 valence electrons. The van der Waals surface area contributed by atoms with Crippen LogP contribution in [-0.2, 0) is 0 Å². The summed E-state index contributed by atoms with van der Waals surface area (Å²) in [5.41, 5.74) is 15.5. The Morgan fingerprint density at radius 3 is 2.32 bits per heavy atom. The average molecular weight is 343 g/mol. The molecule has 1 aromatic rings. The first-order valence-electron chi connectivity index (χ1n) is 7.86. The van der Waals surface area contributed by atoms with Crippen molar-refractivity contribution in [3.63, 3.8) is 0 Å². The maximum absolute atomic E-state index is 6.67. The molecule has 0 heterocycles. The predicted octanol–water partition coefficient (Wildman–Crippen LogP) is 4.17. The highest BCUT2D eigenvalue weighted by atomic mass is 35.5. The van der Waals surface area contributed by atoms with E-state index in [0.717, 1.165) is 25.7 Å². The van der Waals surface area contributed by atoms with Gasteiger partial charge in [-0.05, 0) is 56.4 Å². The van der Waals surface area contributed by atoms with E-state index in [1.807, 2.05) is 0 Å². The number of hydrogen-bond acceptors (Lipinski definition) is 2. The van der Waals surface area contributed by atoms with E-state index < -0.39 is 0 Å². The van der Waals surface area contributed by atoms with E-state index in [2.05, 4.69) is 43.3 Å². The molecule has 0 bridgehead atoms. The normalized spacial score (nSPS) is 34.3. The highest BCUT2D eigenvalue weighted by molar-refractivity contribution is 5.85. The Kier molecular flexibility index (Phi) is 6.94. The van der Waals surface area contributed by atoms with Gasteiger partial charge in [0.25, 0.3) is 0 Å². The van der Waals surface area contributed by atoms with Gasteiger partial charge in [-0.3, -0.25) is 0 Å². The molecule has 3 rings (SSSR count). The summed E-state index contributed by atoms with van der Waals surface area (Å²) in [7, 11) is 0. The van der Waals surface area contributed by atoms with Crippen LogP contribution in [0.5, 0.6) is 0 Å². The Labute approximate surface area is 146 Å². The van der Waals surface area contributed by atoms with Crippen LogP contribution in [0.4, 0.5) is 0 Å². The molecule has 4 N–H and O–H groups in total. The molecule has 2 unspecified atom stereocenters. The summed E-state index contributed by atoms with van der Waals surface area (Å²) in [6, 6.07) is 11.0. The minimum atomic E-state index is 0. The molecule has 0 spiro atoms. The molecule has 4 heteroatoms. The number of benzene rings is 1. The Morgan fingerprint density at radius 2 is 1.73 bits per heavy atom. The van der Waals surface area contributed by atoms with Gasteiger partial charge >= 0.3 is 0 Å². The van der Waals surface area contributed by atoms with Gasteiger partial charge < -0.3 is 11.5 Å². The second-order valence-electron chi connectivity index (χ2n) is 6.82. The molecule has 2 saturated carbocycles. The molecule has 1 aromatic carbocycles. The fraction of sp³-hybridized carbons (Fsp3) is 0.556. The van der Waals surface area contributed by atoms with Gasteiger partial charge in [0.05, 0.1) is 0 Å². The average Bonchev–Trinajstić information content (AvgIpc) is 3.25. The van der Waals surface area contributed by atoms with Crippen molar-refractivity contribution in [2.24, 2.45) is 23.3 Å². The maximum Gasteiger partial charge on any atom is 0.0190 e.